The van der Waals surface area contributed by atoms with Crippen molar-refractivity contribution in [3.63, 3.8) is 0 Å². The third-order valence-electron chi connectivity index (χ3n) is 4.99. The molecule has 1 aliphatic heterocycles. The minimum atomic E-state index is 0.169. The lowest BCUT2D eigenvalue weighted by molar-refractivity contribution is -0.106. The van der Waals surface area contributed by atoms with Crippen molar-refractivity contribution in [2.45, 2.75) is 20.3 Å². The fraction of sp³-hybridized carbons (Fsp3) is 0.160. The van der Waals surface area contributed by atoms with E-state index in [4.69, 9.17) is 0 Å². The second-order valence-corrected chi connectivity index (χ2v) is 6.67. The molecule has 0 saturated carbocycles. The number of hydrogen-bond acceptors (Lipinski definition) is 3. The Morgan fingerprint density at radius 2 is 1.93 bits per heavy atom. The number of phenolic OH excluding ortho intramolecular Hbond substituents is 1. The van der Waals surface area contributed by atoms with E-state index in [0.29, 0.717) is 0 Å². The zero-order valence-corrected chi connectivity index (χ0v) is 16.2. The van der Waals surface area contributed by atoms with Crippen molar-refractivity contribution in [2.24, 2.45) is 0 Å². The van der Waals surface area contributed by atoms with E-state index in [1.807, 2.05) is 24.1 Å². The summed E-state index contributed by atoms with van der Waals surface area (Å²) in [6.45, 7) is 11.9. The molecule has 1 aliphatic rings. The molecule has 0 aliphatic carbocycles. The zero-order valence-electron chi connectivity index (χ0n) is 16.2. The molecule has 3 heteroatoms. The lowest BCUT2D eigenvalue weighted by Crippen LogP contribution is -2.24. The van der Waals surface area contributed by atoms with Crippen LogP contribution < -0.4 is 4.90 Å². The molecule has 1 heterocycles. The van der Waals surface area contributed by atoms with Crippen LogP contribution in [0.15, 0.2) is 72.8 Å². The van der Waals surface area contributed by atoms with Gasteiger partial charge in [-0.05, 0) is 36.1 Å². The summed E-state index contributed by atoms with van der Waals surface area (Å²) in [5.74, 6) is 0.185. The number of anilines is 1. The third kappa shape index (κ3) is 3.37. The van der Waals surface area contributed by atoms with E-state index in [1.54, 1.807) is 6.07 Å². The minimum absolute atomic E-state index is 0.169. The maximum absolute atomic E-state index is 11.3. The summed E-state index contributed by atoms with van der Waals surface area (Å²) >= 11 is 0. The lowest BCUT2D eigenvalue weighted by atomic mass is 9.86. The zero-order chi connectivity index (χ0) is 20.3. The second kappa shape index (κ2) is 8.02. The van der Waals surface area contributed by atoms with Crippen molar-refractivity contribution in [2.75, 3.05) is 11.4 Å². The molecule has 1 N–H and O–H groups in total. The Morgan fingerprint density at radius 3 is 2.50 bits per heavy atom. The van der Waals surface area contributed by atoms with E-state index >= 15 is 0 Å². The average Bonchev–Trinajstić information content (AvgIpc) is 2.71. The highest BCUT2D eigenvalue weighted by atomic mass is 16.3. The van der Waals surface area contributed by atoms with Gasteiger partial charge < -0.3 is 14.8 Å². The fourth-order valence-electron chi connectivity index (χ4n) is 3.43. The number of hydrogen-bond donors (Lipinski definition) is 1. The first-order valence-electron chi connectivity index (χ1n) is 9.20. The lowest BCUT2D eigenvalue weighted by Gasteiger charge is -2.30. The van der Waals surface area contributed by atoms with Crippen LogP contribution in [0.2, 0.25) is 0 Å². The number of aromatic hydroxyl groups is 1. The Kier molecular flexibility index (Phi) is 5.52. The first-order chi connectivity index (χ1) is 13.5. The number of phenols is 1. The molecule has 140 valence electrons. The van der Waals surface area contributed by atoms with Crippen molar-refractivity contribution >= 4 is 23.1 Å². The van der Waals surface area contributed by atoms with E-state index < -0.39 is 0 Å². The number of fused-ring (bicyclic) bond motifs is 1. The number of rotatable bonds is 5. The van der Waals surface area contributed by atoms with Gasteiger partial charge in [0, 0.05) is 34.5 Å². The van der Waals surface area contributed by atoms with Crippen molar-refractivity contribution in [1.29, 1.82) is 0 Å². The number of aryl methyl sites for hydroxylation is 2. The van der Waals surface area contributed by atoms with Crippen LogP contribution in [0.3, 0.4) is 0 Å². The van der Waals surface area contributed by atoms with Crippen molar-refractivity contribution in [3.05, 3.63) is 95.0 Å². The second-order valence-electron chi connectivity index (χ2n) is 6.67. The predicted octanol–water partition coefficient (Wildman–Crippen LogP) is 5.20. The summed E-state index contributed by atoms with van der Waals surface area (Å²) in [6.07, 6.45) is 3.68. The molecule has 2 aromatic rings. The summed E-state index contributed by atoms with van der Waals surface area (Å²) in [6, 6.07) is 11.8. The molecule has 0 radical (unpaired) electrons. The van der Waals surface area contributed by atoms with E-state index in [-0.39, 0.29) is 12.3 Å². The Balaban J connectivity index is 2.20. The number of benzene rings is 2. The Morgan fingerprint density at radius 1 is 1.21 bits per heavy atom. The van der Waals surface area contributed by atoms with Gasteiger partial charge in [-0.1, -0.05) is 44.3 Å². The molecule has 0 fully saturated rings. The minimum Gasteiger partial charge on any atom is -0.508 e. The van der Waals surface area contributed by atoms with Gasteiger partial charge >= 0.3 is 0 Å². The van der Waals surface area contributed by atoms with Crippen LogP contribution in [0.1, 0.15) is 29.2 Å². The Labute approximate surface area is 165 Å². The SMILES string of the molecule is C=C=C(C1=CN(CC=O)c2cc(O)c(C)cc2C1=C=C)c1ccc(CC)cc1. The topological polar surface area (TPSA) is 40.5 Å². The molecule has 0 amide bonds. The van der Waals surface area contributed by atoms with Crippen LogP contribution in [0.25, 0.3) is 11.1 Å². The van der Waals surface area contributed by atoms with Gasteiger partial charge in [0.15, 0.2) is 0 Å². The fourth-order valence-corrected chi connectivity index (χ4v) is 3.43. The number of nitrogens with zero attached hydrogens (tertiary/aromatic N) is 1. The van der Waals surface area contributed by atoms with Crippen LogP contribution in [-0.4, -0.2) is 17.9 Å². The van der Waals surface area contributed by atoms with E-state index in [9.17, 15) is 9.90 Å². The van der Waals surface area contributed by atoms with Gasteiger partial charge in [0.25, 0.3) is 0 Å². The van der Waals surface area contributed by atoms with Gasteiger partial charge in [-0.2, -0.15) is 0 Å². The molecule has 0 aromatic heterocycles. The quantitative estimate of drug-likeness (QED) is 0.581. The summed E-state index contributed by atoms with van der Waals surface area (Å²) in [4.78, 5) is 13.1. The van der Waals surface area contributed by atoms with Gasteiger partial charge in [-0.3, -0.25) is 0 Å². The molecule has 0 saturated heterocycles. The largest absolute Gasteiger partial charge is 0.508 e. The maximum atomic E-state index is 11.3. The van der Waals surface area contributed by atoms with Gasteiger partial charge in [0.1, 0.15) is 12.0 Å². The first-order valence-corrected chi connectivity index (χ1v) is 9.20. The summed E-state index contributed by atoms with van der Waals surface area (Å²) in [7, 11) is 0. The third-order valence-corrected chi connectivity index (χ3v) is 4.99. The molecule has 0 atom stereocenters. The summed E-state index contributed by atoms with van der Waals surface area (Å²) in [5, 5.41) is 10.2. The molecule has 3 nitrogen and oxygen atoms in total. The highest BCUT2D eigenvalue weighted by Crippen LogP contribution is 2.43. The molecule has 0 unspecified atom stereocenters. The Hall–Kier alpha value is -3.51. The van der Waals surface area contributed by atoms with Crippen LogP contribution in [0.4, 0.5) is 5.69 Å². The van der Waals surface area contributed by atoms with Gasteiger partial charge in [-0.15, -0.1) is 11.5 Å². The summed E-state index contributed by atoms with van der Waals surface area (Å²) < 4.78 is 0. The maximum Gasteiger partial charge on any atom is 0.139 e. The summed E-state index contributed by atoms with van der Waals surface area (Å²) in [5.41, 5.74) is 13.1. The van der Waals surface area contributed by atoms with Crippen LogP contribution in [-0.2, 0) is 11.2 Å². The Bertz CT molecular complexity index is 1060. The van der Waals surface area contributed by atoms with E-state index in [1.165, 1.54) is 5.56 Å². The number of allylic oxidation sites excluding steroid dienone is 3. The van der Waals surface area contributed by atoms with E-state index in [2.05, 4.69) is 55.8 Å². The molecule has 0 bridgehead atoms. The van der Waals surface area contributed by atoms with Gasteiger partial charge in [0.05, 0.1) is 12.2 Å². The molecule has 28 heavy (non-hydrogen) atoms. The standard InChI is InChI=1S/C25H23NO2/c1-5-18-8-10-19(11-9-18)20(6-2)23-16-26(12-13-27)24-15-25(28)17(4)14-22(24)21(23)7-3/h8-11,13-16,28H,2-3,5,12H2,1,4H3. The van der Waals surface area contributed by atoms with Crippen LogP contribution in [0, 0.1) is 6.92 Å². The molecular formula is C25H23NO2. The number of carbonyl (C=O) groups is 1. The molecule has 2 aromatic carbocycles. The predicted molar refractivity (Wildman–Crippen MR) is 115 cm³/mol. The number of aldehydes is 1. The van der Waals surface area contributed by atoms with Crippen LogP contribution >= 0.6 is 0 Å². The average molecular weight is 369 g/mol. The van der Waals surface area contributed by atoms with Crippen molar-refractivity contribution in [1.82, 2.24) is 0 Å². The number of carbonyl (C=O) groups excluding carboxylic acids is 1. The highest BCUT2D eigenvalue weighted by molar-refractivity contribution is 6.03. The highest BCUT2D eigenvalue weighted by Gasteiger charge is 2.26. The first kappa shape index (κ1) is 19.3. The van der Waals surface area contributed by atoms with E-state index in [0.717, 1.165) is 51.8 Å². The van der Waals surface area contributed by atoms with Gasteiger partial charge in [0.2, 0.25) is 0 Å². The van der Waals surface area contributed by atoms with Crippen molar-refractivity contribution < 1.29 is 9.90 Å². The molecular weight excluding hydrogens is 346 g/mol. The van der Waals surface area contributed by atoms with Crippen molar-refractivity contribution in [3.8, 4) is 5.75 Å². The smallest absolute Gasteiger partial charge is 0.139 e. The normalized spacial score (nSPS) is 12.6. The molecule has 3 rings (SSSR count). The van der Waals surface area contributed by atoms with Crippen LogP contribution in [0.5, 0.6) is 5.75 Å². The van der Waals surface area contributed by atoms with Gasteiger partial charge in [-0.25, -0.2) is 0 Å². The monoisotopic (exact) mass is 369 g/mol. The molecule has 0 spiro atoms.